The molecule has 0 bridgehead atoms. The lowest BCUT2D eigenvalue weighted by Crippen LogP contribution is -2.44. The van der Waals surface area contributed by atoms with E-state index in [-0.39, 0.29) is 5.78 Å². The van der Waals surface area contributed by atoms with Crippen molar-refractivity contribution < 1.29 is 14.3 Å². The van der Waals surface area contributed by atoms with Crippen LogP contribution in [0.5, 0.6) is 0 Å². The summed E-state index contributed by atoms with van der Waals surface area (Å²) in [6, 6.07) is 0. The highest BCUT2D eigenvalue weighted by Gasteiger charge is 2.54. The summed E-state index contributed by atoms with van der Waals surface area (Å²) in [4.78, 5) is 24.1. The van der Waals surface area contributed by atoms with Gasteiger partial charge >= 0.3 is 6.09 Å². The molecule has 1 aliphatic rings. The van der Waals surface area contributed by atoms with E-state index in [0.29, 0.717) is 6.42 Å². The third-order valence-corrected chi connectivity index (χ3v) is 2.65. The van der Waals surface area contributed by atoms with Gasteiger partial charge in [0.15, 0.2) is 5.78 Å². The number of hydrogen-bond acceptors (Lipinski definition) is 3. The Balaban J connectivity index is 2.70. The monoisotopic (exact) mass is 185 g/mol. The lowest BCUT2D eigenvalue weighted by molar-refractivity contribution is -0.124. The van der Waals surface area contributed by atoms with Crippen LogP contribution in [0.15, 0.2) is 0 Å². The molecule has 0 radical (unpaired) electrons. The Morgan fingerprint density at radius 2 is 2.00 bits per heavy atom. The number of carbonyl (C=O) groups excluding carboxylic acids is 2. The molecule has 0 heterocycles. The lowest BCUT2D eigenvalue weighted by atomic mass is 10.1. The van der Waals surface area contributed by atoms with Crippen LogP contribution in [0.25, 0.3) is 0 Å². The van der Waals surface area contributed by atoms with E-state index in [1.165, 1.54) is 12.0 Å². The third-order valence-electron chi connectivity index (χ3n) is 2.65. The molecule has 1 fully saturated rings. The normalized spacial score (nSPS) is 17.8. The molecule has 0 aromatic carbocycles. The molecular weight excluding hydrogens is 170 g/mol. The number of Topliss-reactive ketones (excluding diaryl/α,β-unsaturated/α-hetero) is 1. The third kappa shape index (κ3) is 1.53. The molecule has 0 aromatic heterocycles. The molecule has 0 aromatic rings. The highest BCUT2D eigenvalue weighted by atomic mass is 16.5. The minimum Gasteiger partial charge on any atom is -0.453 e. The maximum absolute atomic E-state index is 11.5. The Kier molecular flexibility index (Phi) is 2.59. The Morgan fingerprint density at radius 3 is 2.31 bits per heavy atom. The van der Waals surface area contributed by atoms with Gasteiger partial charge in [-0.25, -0.2) is 4.79 Å². The van der Waals surface area contributed by atoms with Gasteiger partial charge in [0, 0.05) is 13.5 Å². The summed E-state index contributed by atoms with van der Waals surface area (Å²) in [5.74, 6) is 0.125. The van der Waals surface area contributed by atoms with Gasteiger partial charge in [-0.1, -0.05) is 6.92 Å². The van der Waals surface area contributed by atoms with Crippen molar-refractivity contribution in [3.05, 3.63) is 0 Å². The number of ether oxygens (including phenoxy) is 1. The quantitative estimate of drug-likeness (QED) is 0.663. The van der Waals surface area contributed by atoms with Gasteiger partial charge < -0.3 is 4.74 Å². The van der Waals surface area contributed by atoms with E-state index in [2.05, 4.69) is 4.74 Å². The number of ketones is 1. The van der Waals surface area contributed by atoms with Crippen LogP contribution < -0.4 is 0 Å². The maximum Gasteiger partial charge on any atom is 0.410 e. The summed E-state index contributed by atoms with van der Waals surface area (Å²) in [5.41, 5.74) is -0.540. The fourth-order valence-corrected chi connectivity index (χ4v) is 1.56. The molecule has 1 saturated carbocycles. The SMILES string of the molecule is CCC(=O)C1(N(C)C(=O)OC)CC1. The first-order valence-corrected chi connectivity index (χ1v) is 4.43. The minimum absolute atomic E-state index is 0.125. The maximum atomic E-state index is 11.5. The number of methoxy groups -OCH3 is 1. The van der Waals surface area contributed by atoms with Crippen LogP contribution in [-0.4, -0.2) is 36.5 Å². The van der Waals surface area contributed by atoms with Gasteiger partial charge in [0.2, 0.25) is 0 Å². The number of rotatable bonds is 3. The standard InChI is InChI=1S/C9H15NO3/c1-4-7(11)9(5-6-9)10(2)8(12)13-3/h4-6H2,1-3H3. The van der Waals surface area contributed by atoms with Crippen molar-refractivity contribution in [1.82, 2.24) is 4.90 Å². The smallest absolute Gasteiger partial charge is 0.410 e. The summed E-state index contributed by atoms with van der Waals surface area (Å²) < 4.78 is 4.57. The highest BCUT2D eigenvalue weighted by molar-refractivity contribution is 5.94. The van der Waals surface area contributed by atoms with Crippen molar-refractivity contribution in [2.45, 2.75) is 31.7 Å². The van der Waals surface area contributed by atoms with Crippen LogP contribution in [0.4, 0.5) is 4.79 Å². The van der Waals surface area contributed by atoms with Crippen molar-refractivity contribution in [2.75, 3.05) is 14.2 Å². The van der Waals surface area contributed by atoms with Gasteiger partial charge in [-0.05, 0) is 12.8 Å². The first-order valence-electron chi connectivity index (χ1n) is 4.43. The fraction of sp³-hybridized carbons (Fsp3) is 0.778. The summed E-state index contributed by atoms with van der Waals surface area (Å²) in [7, 11) is 2.94. The average molecular weight is 185 g/mol. The first-order chi connectivity index (χ1) is 6.08. The van der Waals surface area contributed by atoms with Crippen molar-refractivity contribution in [3.8, 4) is 0 Å². The molecule has 0 spiro atoms. The zero-order valence-electron chi connectivity index (χ0n) is 8.29. The Bertz CT molecular complexity index is 233. The Hall–Kier alpha value is -1.06. The second kappa shape index (κ2) is 3.36. The second-order valence-corrected chi connectivity index (χ2v) is 3.34. The van der Waals surface area contributed by atoms with Crippen LogP contribution in [0.2, 0.25) is 0 Å². The number of amides is 1. The number of hydrogen-bond donors (Lipinski definition) is 0. The van der Waals surface area contributed by atoms with Gasteiger partial charge in [-0.2, -0.15) is 0 Å². The molecule has 0 atom stereocenters. The van der Waals surface area contributed by atoms with E-state index < -0.39 is 11.6 Å². The minimum atomic E-state index is -0.540. The molecule has 0 unspecified atom stereocenters. The zero-order chi connectivity index (χ0) is 10.1. The van der Waals surface area contributed by atoms with Crippen molar-refractivity contribution in [3.63, 3.8) is 0 Å². The van der Waals surface area contributed by atoms with E-state index >= 15 is 0 Å². The van der Waals surface area contributed by atoms with Gasteiger partial charge in [0.25, 0.3) is 0 Å². The highest BCUT2D eigenvalue weighted by Crippen LogP contribution is 2.42. The second-order valence-electron chi connectivity index (χ2n) is 3.34. The average Bonchev–Trinajstić information content (AvgIpc) is 2.95. The fourth-order valence-electron chi connectivity index (χ4n) is 1.56. The van der Waals surface area contributed by atoms with Crippen LogP contribution in [0.1, 0.15) is 26.2 Å². The number of carbonyl (C=O) groups is 2. The molecule has 1 rings (SSSR count). The van der Waals surface area contributed by atoms with Crippen molar-refractivity contribution >= 4 is 11.9 Å². The summed E-state index contributed by atoms with van der Waals surface area (Å²) >= 11 is 0. The number of likely N-dealkylation sites (N-methyl/N-ethyl adjacent to an activating group) is 1. The molecule has 1 amide bonds. The van der Waals surface area contributed by atoms with Crippen LogP contribution in [-0.2, 0) is 9.53 Å². The molecule has 74 valence electrons. The summed E-state index contributed by atoms with van der Waals surface area (Å²) in [6.45, 7) is 1.81. The van der Waals surface area contributed by atoms with Crippen LogP contribution >= 0.6 is 0 Å². The van der Waals surface area contributed by atoms with Crippen LogP contribution in [0, 0.1) is 0 Å². The summed E-state index contributed by atoms with van der Waals surface area (Å²) in [6.07, 6.45) is 1.58. The number of nitrogens with zero attached hydrogens (tertiary/aromatic N) is 1. The van der Waals surface area contributed by atoms with Gasteiger partial charge in [-0.15, -0.1) is 0 Å². The predicted octanol–water partition coefficient (Wildman–Crippen LogP) is 1.20. The topological polar surface area (TPSA) is 46.6 Å². The Labute approximate surface area is 77.8 Å². The predicted molar refractivity (Wildman–Crippen MR) is 47.4 cm³/mol. The molecule has 0 aliphatic heterocycles. The van der Waals surface area contributed by atoms with E-state index in [1.54, 1.807) is 7.05 Å². The summed E-state index contributed by atoms with van der Waals surface area (Å²) in [5, 5.41) is 0. The zero-order valence-corrected chi connectivity index (χ0v) is 8.29. The van der Waals surface area contributed by atoms with E-state index in [0.717, 1.165) is 12.8 Å². The van der Waals surface area contributed by atoms with Crippen molar-refractivity contribution in [2.24, 2.45) is 0 Å². The van der Waals surface area contributed by atoms with E-state index in [9.17, 15) is 9.59 Å². The van der Waals surface area contributed by atoms with Crippen LogP contribution in [0.3, 0.4) is 0 Å². The molecule has 0 N–H and O–H groups in total. The first kappa shape index (κ1) is 10.0. The molecule has 1 aliphatic carbocycles. The lowest BCUT2D eigenvalue weighted by Gasteiger charge is -2.24. The van der Waals surface area contributed by atoms with Crippen molar-refractivity contribution in [1.29, 1.82) is 0 Å². The van der Waals surface area contributed by atoms with Gasteiger partial charge in [0.05, 0.1) is 7.11 Å². The van der Waals surface area contributed by atoms with Gasteiger partial charge in [0.1, 0.15) is 5.54 Å². The molecular formula is C9H15NO3. The van der Waals surface area contributed by atoms with E-state index in [1.807, 2.05) is 6.92 Å². The molecule has 4 nitrogen and oxygen atoms in total. The van der Waals surface area contributed by atoms with Gasteiger partial charge in [-0.3, -0.25) is 9.69 Å². The van der Waals surface area contributed by atoms with E-state index in [4.69, 9.17) is 0 Å². The largest absolute Gasteiger partial charge is 0.453 e. The molecule has 0 saturated heterocycles. The Morgan fingerprint density at radius 1 is 1.46 bits per heavy atom. The molecule has 4 heteroatoms. The molecule has 13 heavy (non-hydrogen) atoms.